The lowest BCUT2D eigenvalue weighted by atomic mass is 9.49. The van der Waals surface area contributed by atoms with Crippen LogP contribution in [0.2, 0.25) is 0 Å². The van der Waals surface area contributed by atoms with Gasteiger partial charge in [0.15, 0.2) is 6.29 Å². The summed E-state index contributed by atoms with van der Waals surface area (Å²) in [6.07, 6.45) is 25.8. The molecule has 0 radical (unpaired) electrons. The van der Waals surface area contributed by atoms with Crippen LogP contribution in [0.25, 0.3) is 0 Å². The highest BCUT2D eigenvalue weighted by Crippen LogP contribution is 2.62. The lowest BCUT2D eigenvalue weighted by Gasteiger charge is -2.58. The Bertz CT molecular complexity index is 443. The van der Waals surface area contributed by atoms with E-state index in [4.69, 9.17) is 9.47 Å². The zero-order valence-electron chi connectivity index (χ0n) is 18.9. The minimum atomic E-state index is 0.100. The highest BCUT2D eigenvalue weighted by molar-refractivity contribution is 5.03. The Balaban J connectivity index is 1.18. The van der Waals surface area contributed by atoms with Crippen LogP contribution in [0, 0.1) is 35.0 Å². The van der Waals surface area contributed by atoms with Crippen LogP contribution in [0.5, 0.6) is 0 Å². The lowest BCUT2D eigenvalue weighted by molar-refractivity contribution is -0.252. The van der Waals surface area contributed by atoms with E-state index in [1.165, 1.54) is 116 Å². The molecule has 6 aliphatic rings. The van der Waals surface area contributed by atoms with Crippen molar-refractivity contribution in [1.82, 2.24) is 0 Å². The second-order valence-electron chi connectivity index (χ2n) is 11.9. The van der Waals surface area contributed by atoms with E-state index in [1.807, 2.05) is 0 Å². The van der Waals surface area contributed by atoms with Gasteiger partial charge < -0.3 is 9.47 Å². The van der Waals surface area contributed by atoms with Crippen molar-refractivity contribution < 1.29 is 9.47 Å². The van der Waals surface area contributed by atoms with Crippen LogP contribution in [-0.2, 0) is 9.47 Å². The molecule has 29 heavy (non-hydrogen) atoms. The normalized spacial score (nSPS) is 38.2. The molecule has 6 aliphatic carbocycles. The molecule has 0 amide bonds. The number of hydrogen-bond donors (Lipinski definition) is 0. The summed E-state index contributed by atoms with van der Waals surface area (Å²) in [5, 5.41) is 0. The summed E-state index contributed by atoms with van der Waals surface area (Å²) in [6, 6.07) is 0. The van der Waals surface area contributed by atoms with Crippen LogP contribution in [0.3, 0.4) is 0 Å². The van der Waals surface area contributed by atoms with Crippen LogP contribution < -0.4 is 0 Å². The molecule has 166 valence electrons. The summed E-state index contributed by atoms with van der Waals surface area (Å²) in [5.74, 6) is 4.78. The maximum atomic E-state index is 6.70. The van der Waals surface area contributed by atoms with Crippen LogP contribution in [0.15, 0.2) is 0 Å². The molecule has 0 unspecified atom stereocenters. The van der Waals surface area contributed by atoms with Crippen molar-refractivity contribution in [2.75, 3.05) is 13.2 Å². The lowest BCUT2D eigenvalue weighted by Crippen LogP contribution is -2.53. The molecule has 4 bridgehead atoms. The Hall–Kier alpha value is -0.0800. The zero-order valence-corrected chi connectivity index (χ0v) is 18.9. The Morgan fingerprint density at radius 1 is 0.586 bits per heavy atom. The minimum absolute atomic E-state index is 0.100. The monoisotopic (exact) mass is 402 g/mol. The molecule has 0 N–H and O–H groups in total. The first-order valence-electron chi connectivity index (χ1n) is 13.5. The smallest absolute Gasteiger partial charge is 0.163 e. The molecule has 6 saturated carbocycles. The van der Waals surface area contributed by atoms with Crippen molar-refractivity contribution in [3.63, 3.8) is 0 Å². The summed E-state index contributed by atoms with van der Waals surface area (Å²) in [5.41, 5.74) is 0.369. The molecule has 0 aliphatic heterocycles. The van der Waals surface area contributed by atoms with E-state index >= 15 is 0 Å². The van der Waals surface area contributed by atoms with Gasteiger partial charge in [0.2, 0.25) is 0 Å². The van der Waals surface area contributed by atoms with Crippen LogP contribution >= 0.6 is 0 Å². The second kappa shape index (κ2) is 9.60. The van der Waals surface area contributed by atoms with Crippen molar-refractivity contribution in [1.29, 1.82) is 0 Å². The molecule has 0 aromatic carbocycles. The van der Waals surface area contributed by atoms with E-state index in [0.717, 1.165) is 42.8 Å². The second-order valence-corrected chi connectivity index (χ2v) is 11.9. The number of rotatable bonds is 9. The first-order valence-corrected chi connectivity index (χ1v) is 13.5. The first-order chi connectivity index (χ1) is 14.3. The predicted octanol–water partition coefficient (Wildman–Crippen LogP) is 7.50. The highest BCUT2D eigenvalue weighted by atomic mass is 16.7. The van der Waals surface area contributed by atoms with E-state index in [0.29, 0.717) is 5.41 Å². The Morgan fingerprint density at radius 2 is 1.00 bits per heavy atom. The third-order valence-corrected chi connectivity index (χ3v) is 9.63. The summed E-state index contributed by atoms with van der Waals surface area (Å²) in [4.78, 5) is 0. The standard InChI is InChI=1S/C27H46O2/c1-3-7-21(8-4-1)11-13-28-26(29-14-12-22-9-5-2-6-10-22)27-18-23-15-24(19-27)17-25(16-23)20-27/h21-26H,1-20H2. The molecule has 0 heterocycles. The van der Waals surface area contributed by atoms with Crippen LogP contribution in [0.4, 0.5) is 0 Å². The number of ether oxygens (including phenoxy) is 2. The molecule has 0 atom stereocenters. The Labute approximate surface area is 179 Å². The van der Waals surface area contributed by atoms with Crippen molar-refractivity contribution >= 4 is 0 Å². The summed E-state index contributed by atoms with van der Waals surface area (Å²) < 4.78 is 13.4. The molecule has 2 nitrogen and oxygen atoms in total. The Kier molecular flexibility index (Phi) is 6.88. The van der Waals surface area contributed by atoms with Crippen LogP contribution in [-0.4, -0.2) is 19.5 Å². The maximum absolute atomic E-state index is 6.70. The highest BCUT2D eigenvalue weighted by Gasteiger charge is 2.55. The zero-order chi connectivity index (χ0) is 19.5. The van der Waals surface area contributed by atoms with E-state index in [-0.39, 0.29) is 6.29 Å². The van der Waals surface area contributed by atoms with Crippen molar-refractivity contribution in [3.8, 4) is 0 Å². The fraction of sp³-hybridized carbons (Fsp3) is 1.00. The summed E-state index contributed by atoms with van der Waals surface area (Å²) in [6.45, 7) is 1.89. The maximum Gasteiger partial charge on any atom is 0.163 e. The molecule has 0 aromatic rings. The van der Waals surface area contributed by atoms with Crippen LogP contribution in [0.1, 0.15) is 116 Å². The average Bonchev–Trinajstić information content (AvgIpc) is 2.73. The summed E-state index contributed by atoms with van der Waals surface area (Å²) in [7, 11) is 0. The predicted molar refractivity (Wildman–Crippen MR) is 119 cm³/mol. The van der Waals surface area contributed by atoms with E-state index in [9.17, 15) is 0 Å². The SMILES string of the molecule is C1CCC(CCOC(OCCC2CCCCC2)C23CC4CC(CC(C4)C2)C3)CC1. The quantitative estimate of drug-likeness (QED) is 0.372. The van der Waals surface area contributed by atoms with Crippen molar-refractivity contribution in [2.45, 2.75) is 122 Å². The molecule has 2 heteroatoms. The number of hydrogen-bond acceptors (Lipinski definition) is 2. The molecule has 6 fully saturated rings. The van der Waals surface area contributed by atoms with Gasteiger partial charge in [0, 0.05) is 5.41 Å². The molecular formula is C27H46O2. The molecule has 0 saturated heterocycles. The van der Waals surface area contributed by atoms with Gasteiger partial charge in [0.05, 0.1) is 13.2 Å². The van der Waals surface area contributed by atoms with Crippen molar-refractivity contribution in [2.24, 2.45) is 35.0 Å². The van der Waals surface area contributed by atoms with Crippen molar-refractivity contribution in [3.05, 3.63) is 0 Å². The molecule has 6 rings (SSSR count). The first kappa shape index (κ1) is 20.8. The largest absolute Gasteiger partial charge is 0.352 e. The average molecular weight is 403 g/mol. The van der Waals surface area contributed by atoms with E-state index in [1.54, 1.807) is 0 Å². The fourth-order valence-corrected chi connectivity index (χ4v) is 8.50. The van der Waals surface area contributed by atoms with Gasteiger partial charge in [-0.25, -0.2) is 0 Å². The van der Waals surface area contributed by atoms with Gasteiger partial charge in [-0.05, 0) is 81.0 Å². The van der Waals surface area contributed by atoms with Gasteiger partial charge >= 0.3 is 0 Å². The topological polar surface area (TPSA) is 18.5 Å². The molecule has 0 spiro atoms. The van der Waals surface area contributed by atoms with Gasteiger partial charge in [-0.2, -0.15) is 0 Å². The molecule has 0 aromatic heterocycles. The van der Waals surface area contributed by atoms with Gasteiger partial charge in [0.25, 0.3) is 0 Å². The van der Waals surface area contributed by atoms with Gasteiger partial charge in [0.1, 0.15) is 0 Å². The van der Waals surface area contributed by atoms with E-state index < -0.39 is 0 Å². The molecular weight excluding hydrogens is 356 g/mol. The minimum Gasteiger partial charge on any atom is -0.352 e. The fourth-order valence-electron chi connectivity index (χ4n) is 8.50. The van der Waals surface area contributed by atoms with E-state index in [2.05, 4.69) is 0 Å². The van der Waals surface area contributed by atoms with Gasteiger partial charge in [-0.3, -0.25) is 0 Å². The van der Waals surface area contributed by atoms with Gasteiger partial charge in [-0.1, -0.05) is 64.2 Å². The third-order valence-electron chi connectivity index (χ3n) is 9.63. The summed E-state index contributed by atoms with van der Waals surface area (Å²) >= 11 is 0. The third kappa shape index (κ3) is 5.05. The Morgan fingerprint density at radius 3 is 1.41 bits per heavy atom. The van der Waals surface area contributed by atoms with Gasteiger partial charge in [-0.15, -0.1) is 0 Å².